The highest BCUT2D eigenvalue weighted by Gasteiger charge is 2.32. The number of H-pyrrole nitrogens is 1. The average molecular weight is 490 g/mol. The predicted octanol–water partition coefficient (Wildman–Crippen LogP) is 5.26. The molecule has 2 aliphatic heterocycles. The number of rotatable bonds is 7. The van der Waals surface area contributed by atoms with E-state index in [1.807, 2.05) is 11.1 Å². The lowest BCUT2D eigenvalue weighted by molar-refractivity contribution is 0.147. The third-order valence-electron chi connectivity index (χ3n) is 7.47. The van der Waals surface area contributed by atoms with E-state index in [1.54, 1.807) is 0 Å². The van der Waals surface area contributed by atoms with Gasteiger partial charge in [0.15, 0.2) is 0 Å². The van der Waals surface area contributed by atoms with Crippen LogP contribution in [0.4, 0.5) is 4.79 Å². The Labute approximate surface area is 214 Å². The molecule has 5 rings (SSSR count). The number of aromatic nitrogens is 2. The van der Waals surface area contributed by atoms with Crippen molar-refractivity contribution in [2.45, 2.75) is 44.9 Å². The Morgan fingerprint density at radius 2 is 1.86 bits per heavy atom. The normalized spacial score (nSPS) is 18.4. The topological polar surface area (TPSA) is 64.7 Å². The van der Waals surface area contributed by atoms with Crippen LogP contribution in [-0.2, 0) is 0 Å². The number of likely N-dealkylation sites (tertiary alicyclic amines) is 2. The van der Waals surface area contributed by atoms with E-state index in [9.17, 15) is 4.79 Å². The Bertz CT molecular complexity index is 1180. The number of urea groups is 1. The minimum absolute atomic E-state index is 0.212. The summed E-state index contributed by atoms with van der Waals surface area (Å²) in [5.74, 6) is 1.17. The Kier molecular flexibility index (Phi) is 7.46. The molecule has 7 nitrogen and oxygen atoms in total. The average Bonchev–Trinajstić information content (AvgIpc) is 3.55. The van der Waals surface area contributed by atoms with Gasteiger partial charge in [-0.15, -0.1) is 0 Å². The fourth-order valence-electron chi connectivity index (χ4n) is 5.63. The van der Waals surface area contributed by atoms with E-state index in [4.69, 9.17) is 9.72 Å². The van der Waals surface area contributed by atoms with Gasteiger partial charge in [-0.3, -0.25) is 0 Å². The summed E-state index contributed by atoms with van der Waals surface area (Å²) in [4.78, 5) is 27.8. The molecule has 1 atom stereocenters. The van der Waals surface area contributed by atoms with Gasteiger partial charge in [-0.2, -0.15) is 0 Å². The molecule has 4 heterocycles. The van der Waals surface area contributed by atoms with Crippen molar-refractivity contribution in [1.82, 2.24) is 24.7 Å². The van der Waals surface area contributed by atoms with Crippen LogP contribution in [0.5, 0.6) is 5.75 Å². The third kappa shape index (κ3) is 5.36. The van der Waals surface area contributed by atoms with Gasteiger partial charge in [-0.05, 0) is 100 Å². The standard InChI is InChI=1S/C29H39N5O2/c1-21-18-25-26(23-8-6-16-34(20-23)29(35)33-14-4-5-15-33)27(31-28(25)30-19-21)22-9-11-24(12-10-22)36-17-7-13-32(2)3/h9-12,18-19,23H,4-8,13-17,20H2,1-3H3,(H,30,31). The first-order valence-electron chi connectivity index (χ1n) is 13.4. The van der Waals surface area contributed by atoms with Gasteiger partial charge >= 0.3 is 6.03 Å². The van der Waals surface area contributed by atoms with Crippen LogP contribution in [0.15, 0.2) is 36.5 Å². The summed E-state index contributed by atoms with van der Waals surface area (Å²) in [6, 6.07) is 10.8. The van der Waals surface area contributed by atoms with E-state index in [1.165, 1.54) is 10.9 Å². The van der Waals surface area contributed by atoms with Gasteiger partial charge < -0.3 is 24.4 Å². The number of aryl methyl sites for hydroxylation is 1. The van der Waals surface area contributed by atoms with Crippen LogP contribution in [0, 0.1) is 6.92 Å². The number of amides is 2. The summed E-state index contributed by atoms with van der Waals surface area (Å²) < 4.78 is 5.96. The number of piperidine rings is 1. The lowest BCUT2D eigenvalue weighted by Crippen LogP contribution is -2.46. The Balaban J connectivity index is 1.41. The zero-order valence-corrected chi connectivity index (χ0v) is 21.9. The molecular formula is C29H39N5O2. The number of benzene rings is 1. The molecule has 0 saturated carbocycles. The molecule has 7 heteroatoms. The first kappa shape index (κ1) is 24.6. The van der Waals surface area contributed by atoms with Crippen LogP contribution >= 0.6 is 0 Å². The summed E-state index contributed by atoms with van der Waals surface area (Å²) >= 11 is 0. The van der Waals surface area contributed by atoms with Gasteiger partial charge in [0.1, 0.15) is 11.4 Å². The van der Waals surface area contributed by atoms with Gasteiger partial charge in [-0.1, -0.05) is 0 Å². The molecule has 2 aliphatic rings. The summed E-state index contributed by atoms with van der Waals surface area (Å²) in [6.45, 7) is 7.21. The third-order valence-corrected chi connectivity index (χ3v) is 7.47. The second kappa shape index (κ2) is 10.9. The predicted molar refractivity (Wildman–Crippen MR) is 145 cm³/mol. The quantitative estimate of drug-likeness (QED) is 0.460. The van der Waals surface area contributed by atoms with Crippen molar-refractivity contribution in [2.24, 2.45) is 0 Å². The maximum atomic E-state index is 13.2. The summed E-state index contributed by atoms with van der Waals surface area (Å²) in [5.41, 5.74) is 5.60. The van der Waals surface area contributed by atoms with E-state index < -0.39 is 0 Å². The number of carbonyl (C=O) groups is 1. The zero-order chi connectivity index (χ0) is 25.1. The first-order valence-corrected chi connectivity index (χ1v) is 13.4. The molecule has 3 aromatic rings. The molecule has 2 saturated heterocycles. The van der Waals surface area contributed by atoms with E-state index in [2.05, 4.69) is 66.1 Å². The van der Waals surface area contributed by atoms with Crippen LogP contribution < -0.4 is 4.74 Å². The minimum Gasteiger partial charge on any atom is -0.494 e. The highest BCUT2D eigenvalue weighted by Crippen LogP contribution is 2.40. The molecule has 2 fully saturated rings. The van der Waals surface area contributed by atoms with Gasteiger partial charge in [0.05, 0.1) is 12.3 Å². The molecule has 1 unspecified atom stereocenters. The van der Waals surface area contributed by atoms with Gasteiger partial charge in [0, 0.05) is 50.2 Å². The van der Waals surface area contributed by atoms with Crippen LogP contribution in [0.25, 0.3) is 22.3 Å². The minimum atomic E-state index is 0.212. The Hall–Kier alpha value is -3.06. The smallest absolute Gasteiger partial charge is 0.320 e. The van der Waals surface area contributed by atoms with Crippen LogP contribution in [0.1, 0.15) is 49.1 Å². The van der Waals surface area contributed by atoms with Gasteiger partial charge in [-0.25, -0.2) is 9.78 Å². The molecular weight excluding hydrogens is 450 g/mol. The molecule has 36 heavy (non-hydrogen) atoms. The maximum Gasteiger partial charge on any atom is 0.320 e. The number of pyridine rings is 1. The fraction of sp³-hybridized carbons (Fsp3) is 0.517. The Morgan fingerprint density at radius 3 is 2.61 bits per heavy atom. The highest BCUT2D eigenvalue weighted by molar-refractivity contribution is 5.89. The van der Waals surface area contributed by atoms with E-state index in [-0.39, 0.29) is 11.9 Å². The van der Waals surface area contributed by atoms with Crippen molar-refractivity contribution < 1.29 is 9.53 Å². The van der Waals surface area contributed by atoms with Gasteiger partial charge in [0.2, 0.25) is 0 Å². The number of carbonyl (C=O) groups excluding carboxylic acids is 1. The summed E-state index contributed by atoms with van der Waals surface area (Å²) in [6.07, 6.45) is 7.26. The number of hydrogen-bond acceptors (Lipinski definition) is 4. The SMILES string of the molecule is Cc1cnc2[nH]c(-c3ccc(OCCCN(C)C)cc3)c(C3CCCN(C(=O)N4CCCC4)C3)c2c1. The maximum absolute atomic E-state index is 13.2. The van der Waals surface area contributed by atoms with Gasteiger partial charge in [0.25, 0.3) is 0 Å². The van der Waals surface area contributed by atoms with E-state index in [0.29, 0.717) is 6.61 Å². The first-order chi connectivity index (χ1) is 17.5. The number of nitrogens with one attached hydrogen (secondary N) is 1. The van der Waals surface area contributed by atoms with E-state index >= 15 is 0 Å². The lowest BCUT2D eigenvalue weighted by Gasteiger charge is -2.35. The second-order valence-electron chi connectivity index (χ2n) is 10.6. The second-order valence-corrected chi connectivity index (χ2v) is 10.6. The monoisotopic (exact) mass is 489 g/mol. The number of aromatic amines is 1. The van der Waals surface area contributed by atoms with Crippen molar-refractivity contribution in [2.75, 3.05) is 53.4 Å². The highest BCUT2D eigenvalue weighted by atomic mass is 16.5. The number of nitrogens with zero attached hydrogens (tertiary/aromatic N) is 4. The molecule has 0 aliphatic carbocycles. The molecule has 1 N–H and O–H groups in total. The molecule has 192 valence electrons. The van der Waals surface area contributed by atoms with Crippen LogP contribution in [0.3, 0.4) is 0 Å². The largest absolute Gasteiger partial charge is 0.494 e. The lowest BCUT2D eigenvalue weighted by atomic mass is 9.87. The fourth-order valence-corrected chi connectivity index (χ4v) is 5.63. The van der Waals surface area contributed by atoms with Crippen molar-refractivity contribution in [3.05, 3.63) is 47.7 Å². The zero-order valence-electron chi connectivity index (χ0n) is 21.9. The number of ether oxygens (including phenoxy) is 1. The molecule has 0 radical (unpaired) electrons. The molecule has 2 amide bonds. The number of hydrogen-bond donors (Lipinski definition) is 1. The van der Waals surface area contributed by atoms with Crippen LogP contribution in [0.2, 0.25) is 0 Å². The van der Waals surface area contributed by atoms with Crippen molar-refractivity contribution >= 4 is 17.1 Å². The van der Waals surface area contributed by atoms with E-state index in [0.717, 1.165) is 93.0 Å². The van der Waals surface area contributed by atoms with Crippen molar-refractivity contribution in [1.29, 1.82) is 0 Å². The van der Waals surface area contributed by atoms with Crippen molar-refractivity contribution in [3.8, 4) is 17.0 Å². The summed E-state index contributed by atoms with van der Waals surface area (Å²) in [7, 11) is 4.16. The molecule has 2 aromatic heterocycles. The molecule has 0 bridgehead atoms. The van der Waals surface area contributed by atoms with Crippen molar-refractivity contribution in [3.63, 3.8) is 0 Å². The molecule has 0 spiro atoms. The van der Waals surface area contributed by atoms with Crippen LogP contribution in [-0.4, -0.2) is 84.1 Å². The summed E-state index contributed by atoms with van der Waals surface area (Å²) in [5, 5.41) is 1.18. The Morgan fingerprint density at radius 1 is 1.11 bits per heavy atom. The number of fused-ring (bicyclic) bond motifs is 1. The molecule has 1 aromatic carbocycles.